The molecule has 0 saturated carbocycles. The second kappa shape index (κ2) is 6.07. The second-order valence-electron chi connectivity index (χ2n) is 3.66. The molecule has 78 valence electrons. The van der Waals surface area contributed by atoms with Gasteiger partial charge in [0.15, 0.2) is 0 Å². The fourth-order valence-corrected chi connectivity index (χ4v) is 1.75. The highest BCUT2D eigenvalue weighted by atomic mass is 79.9. The number of rotatable bonds is 5. The highest BCUT2D eigenvalue weighted by molar-refractivity contribution is 9.10. The molecule has 2 heteroatoms. The van der Waals surface area contributed by atoms with Crippen molar-refractivity contribution in [1.82, 2.24) is 0 Å². The molecule has 0 aliphatic rings. The summed E-state index contributed by atoms with van der Waals surface area (Å²) < 4.78 is 6.74. The minimum absolute atomic E-state index is 0.638. The Morgan fingerprint density at radius 2 is 2.21 bits per heavy atom. The molecule has 0 radical (unpaired) electrons. The van der Waals surface area contributed by atoms with Crippen molar-refractivity contribution in [3.05, 3.63) is 28.7 Å². The van der Waals surface area contributed by atoms with Gasteiger partial charge in [0.05, 0.1) is 6.61 Å². The second-order valence-corrected chi connectivity index (χ2v) is 4.58. The zero-order chi connectivity index (χ0) is 10.4. The Morgan fingerprint density at radius 1 is 1.43 bits per heavy atom. The van der Waals surface area contributed by atoms with E-state index < -0.39 is 0 Å². The number of ether oxygens (including phenoxy) is 1. The summed E-state index contributed by atoms with van der Waals surface area (Å²) in [5.41, 5.74) is 0. The van der Waals surface area contributed by atoms with Crippen LogP contribution in [0.3, 0.4) is 0 Å². The van der Waals surface area contributed by atoms with Gasteiger partial charge in [-0.3, -0.25) is 0 Å². The Morgan fingerprint density at radius 3 is 2.86 bits per heavy atom. The number of halogens is 1. The average molecular weight is 257 g/mol. The van der Waals surface area contributed by atoms with E-state index in [1.54, 1.807) is 0 Å². The summed E-state index contributed by atoms with van der Waals surface area (Å²) in [6.45, 7) is 5.24. The lowest BCUT2D eigenvalue weighted by Crippen LogP contribution is -2.07. The van der Waals surface area contributed by atoms with Crippen LogP contribution in [-0.2, 0) is 0 Å². The standard InChI is InChI=1S/C12H17BrO/c1-3-5-10(2)9-14-12-7-4-6-11(13)8-12/h4,6-8,10H,3,5,9H2,1-2H3. The van der Waals surface area contributed by atoms with Gasteiger partial charge in [-0.1, -0.05) is 42.3 Å². The molecule has 0 aromatic heterocycles. The van der Waals surface area contributed by atoms with Crippen molar-refractivity contribution < 1.29 is 4.74 Å². The molecule has 0 amide bonds. The summed E-state index contributed by atoms with van der Waals surface area (Å²) in [6, 6.07) is 7.98. The Hall–Kier alpha value is -0.500. The SMILES string of the molecule is CCCC(C)COc1cccc(Br)c1. The van der Waals surface area contributed by atoms with Gasteiger partial charge in [-0.25, -0.2) is 0 Å². The molecular formula is C12H17BrO. The van der Waals surface area contributed by atoms with E-state index in [9.17, 15) is 0 Å². The van der Waals surface area contributed by atoms with Crippen molar-refractivity contribution in [2.24, 2.45) is 5.92 Å². The van der Waals surface area contributed by atoms with Crippen LogP contribution in [0.15, 0.2) is 28.7 Å². The van der Waals surface area contributed by atoms with E-state index in [1.807, 2.05) is 24.3 Å². The molecule has 14 heavy (non-hydrogen) atoms. The Labute approximate surface area is 94.6 Å². The van der Waals surface area contributed by atoms with Gasteiger partial charge in [0.25, 0.3) is 0 Å². The lowest BCUT2D eigenvalue weighted by atomic mass is 10.1. The molecule has 0 heterocycles. The van der Waals surface area contributed by atoms with Crippen molar-refractivity contribution in [3.63, 3.8) is 0 Å². The highest BCUT2D eigenvalue weighted by Crippen LogP contribution is 2.18. The minimum atomic E-state index is 0.638. The highest BCUT2D eigenvalue weighted by Gasteiger charge is 2.01. The molecule has 1 aromatic carbocycles. The maximum absolute atomic E-state index is 5.67. The summed E-state index contributed by atoms with van der Waals surface area (Å²) in [4.78, 5) is 0. The maximum atomic E-state index is 5.67. The molecule has 1 rings (SSSR count). The van der Waals surface area contributed by atoms with E-state index in [2.05, 4.69) is 29.8 Å². The lowest BCUT2D eigenvalue weighted by molar-refractivity contribution is 0.251. The molecule has 0 bridgehead atoms. The number of benzene rings is 1. The van der Waals surface area contributed by atoms with E-state index in [0.29, 0.717) is 5.92 Å². The molecule has 0 saturated heterocycles. The van der Waals surface area contributed by atoms with Gasteiger partial charge < -0.3 is 4.74 Å². The lowest BCUT2D eigenvalue weighted by Gasteiger charge is -2.11. The maximum Gasteiger partial charge on any atom is 0.120 e. The van der Waals surface area contributed by atoms with Crippen LogP contribution in [0, 0.1) is 5.92 Å². The Bertz CT molecular complexity index is 273. The zero-order valence-electron chi connectivity index (χ0n) is 8.79. The van der Waals surface area contributed by atoms with E-state index >= 15 is 0 Å². The summed E-state index contributed by atoms with van der Waals surface area (Å²) >= 11 is 3.42. The van der Waals surface area contributed by atoms with Gasteiger partial charge in [0.2, 0.25) is 0 Å². The minimum Gasteiger partial charge on any atom is -0.493 e. The topological polar surface area (TPSA) is 9.23 Å². The van der Waals surface area contributed by atoms with Crippen molar-refractivity contribution in [3.8, 4) is 5.75 Å². The van der Waals surface area contributed by atoms with Gasteiger partial charge in [-0.15, -0.1) is 0 Å². The zero-order valence-corrected chi connectivity index (χ0v) is 10.4. The third-order valence-corrected chi connectivity index (χ3v) is 2.61. The quantitative estimate of drug-likeness (QED) is 0.765. The molecule has 1 unspecified atom stereocenters. The molecule has 0 N–H and O–H groups in total. The van der Waals surface area contributed by atoms with Crippen LogP contribution >= 0.6 is 15.9 Å². The molecule has 0 aliphatic carbocycles. The van der Waals surface area contributed by atoms with Crippen LogP contribution < -0.4 is 4.74 Å². The van der Waals surface area contributed by atoms with E-state index in [1.165, 1.54) is 12.8 Å². The fourth-order valence-electron chi connectivity index (χ4n) is 1.37. The molecule has 0 aliphatic heterocycles. The van der Waals surface area contributed by atoms with Gasteiger partial charge in [-0.05, 0) is 30.5 Å². The van der Waals surface area contributed by atoms with Crippen molar-refractivity contribution in [2.75, 3.05) is 6.61 Å². The largest absolute Gasteiger partial charge is 0.493 e. The summed E-state index contributed by atoms with van der Waals surface area (Å²) in [5, 5.41) is 0. The van der Waals surface area contributed by atoms with Crippen molar-refractivity contribution >= 4 is 15.9 Å². The van der Waals surface area contributed by atoms with Crippen LogP contribution in [0.1, 0.15) is 26.7 Å². The first kappa shape index (κ1) is 11.6. The first-order chi connectivity index (χ1) is 6.72. The van der Waals surface area contributed by atoms with Crippen LogP contribution in [-0.4, -0.2) is 6.61 Å². The summed E-state index contributed by atoms with van der Waals surface area (Å²) in [6.07, 6.45) is 2.46. The van der Waals surface area contributed by atoms with E-state index in [0.717, 1.165) is 16.8 Å². The molecule has 1 nitrogen and oxygen atoms in total. The van der Waals surface area contributed by atoms with Crippen molar-refractivity contribution in [1.29, 1.82) is 0 Å². The van der Waals surface area contributed by atoms with E-state index in [4.69, 9.17) is 4.74 Å². The molecule has 0 fully saturated rings. The smallest absolute Gasteiger partial charge is 0.120 e. The number of hydrogen-bond acceptors (Lipinski definition) is 1. The van der Waals surface area contributed by atoms with E-state index in [-0.39, 0.29) is 0 Å². The average Bonchev–Trinajstić information content (AvgIpc) is 2.15. The van der Waals surface area contributed by atoms with Gasteiger partial charge in [-0.2, -0.15) is 0 Å². The van der Waals surface area contributed by atoms with Crippen LogP contribution in [0.5, 0.6) is 5.75 Å². The molecule has 1 atom stereocenters. The predicted molar refractivity (Wildman–Crippen MR) is 63.7 cm³/mol. The van der Waals surface area contributed by atoms with Crippen LogP contribution in [0.4, 0.5) is 0 Å². The number of hydrogen-bond donors (Lipinski definition) is 0. The molecular weight excluding hydrogens is 240 g/mol. The monoisotopic (exact) mass is 256 g/mol. The molecule has 1 aromatic rings. The first-order valence-corrected chi connectivity index (χ1v) is 5.90. The Kier molecular flexibility index (Phi) is 5.02. The van der Waals surface area contributed by atoms with Gasteiger partial charge in [0, 0.05) is 4.47 Å². The predicted octanol–water partition coefficient (Wildman–Crippen LogP) is 4.26. The van der Waals surface area contributed by atoms with Crippen LogP contribution in [0.2, 0.25) is 0 Å². The summed E-state index contributed by atoms with van der Waals surface area (Å²) in [7, 11) is 0. The third-order valence-electron chi connectivity index (χ3n) is 2.11. The van der Waals surface area contributed by atoms with Crippen LogP contribution in [0.25, 0.3) is 0 Å². The van der Waals surface area contributed by atoms with Gasteiger partial charge >= 0.3 is 0 Å². The third kappa shape index (κ3) is 4.14. The summed E-state index contributed by atoms with van der Waals surface area (Å²) in [5.74, 6) is 1.58. The first-order valence-electron chi connectivity index (χ1n) is 5.10. The molecule has 0 spiro atoms. The van der Waals surface area contributed by atoms with Gasteiger partial charge in [0.1, 0.15) is 5.75 Å². The normalized spacial score (nSPS) is 12.5. The Balaban J connectivity index is 2.37. The fraction of sp³-hybridized carbons (Fsp3) is 0.500. The van der Waals surface area contributed by atoms with Crippen molar-refractivity contribution in [2.45, 2.75) is 26.7 Å².